The summed E-state index contributed by atoms with van der Waals surface area (Å²) < 4.78 is 70.1. The fraction of sp³-hybridized carbons (Fsp3) is 0.292. The summed E-state index contributed by atoms with van der Waals surface area (Å²) >= 11 is 0. The van der Waals surface area contributed by atoms with Crippen LogP contribution in [0.2, 0.25) is 0 Å². The number of alkyl halides is 6. The van der Waals surface area contributed by atoms with Gasteiger partial charge in [0.1, 0.15) is 0 Å². The molecule has 0 radical (unpaired) electrons. The monoisotopic (exact) mass is 533 g/mol. The van der Waals surface area contributed by atoms with Crippen molar-refractivity contribution in [1.29, 1.82) is 0 Å². The molecule has 5 N–H and O–H groups in total. The Balaban J connectivity index is 0.000000856. The predicted molar refractivity (Wildman–Crippen MR) is 123 cm³/mol. The zero-order valence-corrected chi connectivity index (χ0v) is 19.4. The van der Waals surface area contributed by atoms with Gasteiger partial charge in [-0.05, 0) is 43.5 Å². The minimum atomic E-state index is -5.08. The number of carbonyl (C=O) groups excluding carboxylic acids is 2. The molecule has 202 valence electrons. The third-order valence-electron chi connectivity index (χ3n) is 4.51. The molecular weight excluding hydrogens is 508 g/mol. The second kappa shape index (κ2) is 14.0. The Hall–Kier alpha value is -3.87. The van der Waals surface area contributed by atoms with Gasteiger partial charge < -0.3 is 21.5 Å². The second-order valence-electron chi connectivity index (χ2n) is 7.66. The second-order valence-corrected chi connectivity index (χ2v) is 7.66. The van der Waals surface area contributed by atoms with Crippen LogP contribution in [0.15, 0.2) is 66.7 Å². The van der Waals surface area contributed by atoms with Crippen molar-refractivity contribution in [2.45, 2.75) is 44.2 Å². The van der Waals surface area contributed by atoms with Crippen LogP contribution in [0.5, 0.6) is 0 Å². The first kappa shape index (κ1) is 31.2. The van der Waals surface area contributed by atoms with Crippen molar-refractivity contribution in [3.05, 3.63) is 77.9 Å². The lowest BCUT2D eigenvalue weighted by molar-refractivity contribution is -0.192. The number of carboxylic acid groups (broad SMARTS) is 1. The first-order valence-corrected chi connectivity index (χ1v) is 10.7. The highest BCUT2D eigenvalue weighted by atomic mass is 19.4. The van der Waals surface area contributed by atoms with Crippen LogP contribution in [0, 0.1) is 0 Å². The highest BCUT2D eigenvalue weighted by Crippen LogP contribution is 2.30. The van der Waals surface area contributed by atoms with Gasteiger partial charge in [-0.1, -0.05) is 42.5 Å². The lowest BCUT2D eigenvalue weighted by Crippen LogP contribution is -2.43. The fourth-order valence-electron chi connectivity index (χ4n) is 2.66. The van der Waals surface area contributed by atoms with Crippen LogP contribution in [0.4, 0.5) is 32.0 Å². The van der Waals surface area contributed by atoms with Gasteiger partial charge in [-0.3, -0.25) is 9.59 Å². The Bertz CT molecular complexity index is 1070. The normalized spacial score (nSPS) is 13.2. The van der Waals surface area contributed by atoms with E-state index in [1.807, 2.05) is 30.3 Å². The number of aryl methyl sites for hydroxylation is 1. The first-order valence-electron chi connectivity index (χ1n) is 10.7. The molecular formula is C24H25F6N3O4. The van der Waals surface area contributed by atoms with Crippen LogP contribution in [0.1, 0.15) is 24.5 Å². The third kappa shape index (κ3) is 12.6. The van der Waals surface area contributed by atoms with Crippen LogP contribution in [0.3, 0.4) is 0 Å². The molecule has 0 fully saturated rings. The van der Waals surface area contributed by atoms with E-state index >= 15 is 0 Å². The van der Waals surface area contributed by atoms with E-state index in [1.165, 1.54) is 24.3 Å². The van der Waals surface area contributed by atoms with Crippen LogP contribution in [-0.4, -0.2) is 41.2 Å². The summed E-state index contributed by atoms with van der Waals surface area (Å²) in [6.45, 7) is 1.55. The van der Waals surface area contributed by atoms with Gasteiger partial charge >= 0.3 is 18.3 Å². The number of amides is 2. The van der Waals surface area contributed by atoms with Crippen molar-refractivity contribution in [3.8, 4) is 0 Å². The minimum absolute atomic E-state index is 0.0277. The van der Waals surface area contributed by atoms with Crippen molar-refractivity contribution >= 4 is 23.5 Å². The summed E-state index contributed by atoms with van der Waals surface area (Å²) in [7, 11) is 0. The molecule has 2 aromatic rings. The van der Waals surface area contributed by atoms with Crippen molar-refractivity contribution in [1.82, 2.24) is 5.32 Å². The SMILES string of the molecule is C[C@H](N)C(=O)N[C@H](/C=C/C(=O)Nc1cccc(C(F)(F)F)c1)CCc1ccccc1.O=C(O)C(F)(F)F. The zero-order valence-electron chi connectivity index (χ0n) is 19.4. The van der Waals surface area contributed by atoms with E-state index in [0.29, 0.717) is 12.8 Å². The van der Waals surface area contributed by atoms with Crippen molar-refractivity contribution < 1.29 is 45.8 Å². The number of carbonyl (C=O) groups is 3. The van der Waals surface area contributed by atoms with E-state index in [9.17, 15) is 35.9 Å². The Labute approximate surface area is 208 Å². The van der Waals surface area contributed by atoms with E-state index in [2.05, 4.69) is 10.6 Å². The summed E-state index contributed by atoms with van der Waals surface area (Å²) in [6, 6.07) is 12.8. The number of nitrogens with one attached hydrogen (secondary N) is 2. The lowest BCUT2D eigenvalue weighted by atomic mass is 10.0. The molecule has 0 heterocycles. The van der Waals surface area contributed by atoms with Gasteiger partial charge in [0.05, 0.1) is 11.6 Å². The van der Waals surface area contributed by atoms with Gasteiger partial charge in [0.25, 0.3) is 0 Å². The summed E-state index contributed by atoms with van der Waals surface area (Å²) in [4.78, 5) is 33.0. The molecule has 0 aliphatic carbocycles. The van der Waals surface area contributed by atoms with Gasteiger partial charge in [0, 0.05) is 17.8 Å². The average Bonchev–Trinajstić information content (AvgIpc) is 2.80. The summed E-state index contributed by atoms with van der Waals surface area (Å²) in [5.74, 6) is -3.72. The number of aliphatic carboxylic acids is 1. The maximum absolute atomic E-state index is 12.8. The van der Waals surface area contributed by atoms with E-state index in [-0.39, 0.29) is 11.6 Å². The minimum Gasteiger partial charge on any atom is -0.475 e. The van der Waals surface area contributed by atoms with Gasteiger partial charge in [0.2, 0.25) is 11.8 Å². The molecule has 0 aromatic heterocycles. The number of carboxylic acids is 1. The first-order chi connectivity index (χ1) is 17.1. The van der Waals surface area contributed by atoms with Crippen molar-refractivity contribution in [3.63, 3.8) is 0 Å². The largest absolute Gasteiger partial charge is 0.490 e. The lowest BCUT2D eigenvalue weighted by Gasteiger charge is -2.17. The molecule has 0 saturated carbocycles. The highest BCUT2D eigenvalue weighted by Gasteiger charge is 2.38. The zero-order chi connectivity index (χ0) is 28.2. The molecule has 0 aliphatic heterocycles. The highest BCUT2D eigenvalue weighted by molar-refractivity contribution is 5.99. The molecule has 13 heteroatoms. The number of anilines is 1. The third-order valence-corrected chi connectivity index (χ3v) is 4.51. The summed E-state index contributed by atoms with van der Waals surface area (Å²) in [6.07, 6.45) is -5.70. The maximum atomic E-state index is 12.8. The van der Waals surface area contributed by atoms with Crippen LogP contribution < -0.4 is 16.4 Å². The number of benzene rings is 2. The van der Waals surface area contributed by atoms with Gasteiger partial charge in [-0.2, -0.15) is 26.3 Å². The maximum Gasteiger partial charge on any atom is 0.490 e. The van der Waals surface area contributed by atoms with Gasteiger partial charge in [-0.25, -0.2) is 4.79 Å². The van der Waals surface area contributed by atoms with Crippen molar-refractivity contribution in [2.24, 2.45) is 5.73 Å². The molecule has 0 spiro atoms. The Morgan fingerprint density at radius 3 is 2.11 bits per heavy atom. The van der Waals surface area contributed by atoms with Gasteiger partial charge in [-0.15, -0.1) is 0 Å². The van der Waals surface area contributed by atoms with Crippen LogP contribution in [0.25, 0.3) is 0 Å². The van der Waals surface area contributed by atoms with Crippen LogP contribution >= 0.6 is 0 Å². The van der Waals surface area contributed by atoms with E-state index in [0.717, 1.165) is 17.7 Å². The number of halogens is 6. The van der Waals surface area contributed by atoms with E-state index < -0.39 is 41.9 Å². The topological polar surface area (TPSA) is 122 Å². The molecule has 2 aromatic carbocycles. The Morgan fingerprint density at radius 2 is 1.59 bits per heavy atom. The quantitative estimate of drug-likeness (QED) is 0.298. The van der Waals surface area contributed by atoms with E-state index in [1.54, 1.807) is 6.92 Å². The molecule has 2 rings (SSSR count). The average molecular weight is 533 g/mol. The van der Waals surface area contributed by atoms with E-state index in [4.69, 9.17) is 15.6 Å². The van der Waals surface area contributed by atoms with Gasteiger partial charge in [0.15, 0.2) is 0 Å². The standard InChI is InChI=1S/C22H24F3N3O2.C2HF3O2/c1-15(26)21(30)28-18(11-10-16-6-3-2-4-7-16)12-13-20(29)27-19-9-5-8-17(14-19)22(23,24)25;3-2(4,5)1(6)7/h2-9,12-15,18H,10-11,26H2,1H3,(H,27,29)(H,28,30);(H,6,7)/b13-12+;/t15-,18-;/m0./s1. The summed E-state index contributed by atoms with van der Waals surface area (Å²) in [5.41, 5.74) is 5.84. The summed E-state index contributed by atoms with van der Waals surface area (Å²) in [5, 5.41) is 12.3. The Kier molecular flexibility index (Phi) is 11.8. The number of hydrogen-bond donors (Lipinski definition) is 4. The molecule has 0 bridgehead atoms. The Morgan fingerprint density at radius 1 is 1.00 bits per heavy atom. The molecule has 37 heavy (non-hydrogen) atoms. The molecule has 2 atom stereocenters. The number of hydrogen-bond acceptors (Lipinski definition) is 4. The molecule has 0 aliphatic rings. The predicted octanol–water partition coefficient (Wildman–Crippen LogP) is 4.30. The van der Waals surface area contributed by atoms with Crippen LogP contribution in [-0.2, 0) is 27.0 Å². The molecule has 0 unspecified atom stereocenters. The number of nitrogens with two attached hydrogens (primary N) is 1. The van der Waals surface area contributed by atoms with Crippen molar-refractivity contribution in [2.75, 3.05) is 5.32 Å². The molecule has 2 amide bonds. The molecule has 0 saturated heterocycles. The molecule has 7 nitrogen and oxygen atoms in total. The number of rotatable bonds is 8. The fourth-order valence-corrected chi connectivity index (χ4v) is 2.66. The smallest absolute Gasteiger partial charge is 0.475 e.